The lowest BCUT2D eigenvalue weighted by Gasteiger charge is -2.29. The molecule has 2 N–H and O–H groups in total. The number of carboxylic acid groups (broad SMARTS) is 1. The summed E-state index contributed by atoms with van der Waals surface area (Å²) in [6.07, 6.45) is 3.29. The number of pyridine rings is 1. The molecule has 1 atom stereocenters. The molecule has 0 saturated heterocycles. The van der Waals surface area contributed by atoms with E-state index in [1.807, 2.05) is 30.3 Å². The van der Waals surface area contributed by atoms with Crippen molar-refractivity contribution in [3.63, 3.8) is 0 Å². The standard InChI is InChI=1S/C21H27N3O3/c1-16(2)8-13-23-20(25)19(14-17-6-4-3-5-7-17)24(21(26)27)15-18-9-11-22-12-10-18/h3-7,9-12,16,19H,8,13-15H2,1-2H3,(H,23,25)(H,26,27)/t19-/m0/s1. The van der Waals surface area contributed by atoms with Gasteiger partial charge in [-0.25, -0.2) is 4.79 Å². The molecule has 0 aliphatic rings. The first-order chi connectivity index (χ1) is 13.0. The first-order valence-electron chi connectivity index (χ1n) is 9.17. The molecule has 2 rings (SSSR count). The summed E-state index contributed by atoms with van der Waals surface area (Å²) >= 11 is 0. The third-order valence-electron chi connectivity index (χ3n) is 4.32. The van der Waals surface area contributed by atoms with Crippen LogP contribution >= 0.6 is 0 Å². The van der Waals surface area contributed by atoms with E-state index >= 15 is 0 Å². The molecule has 0 spiro atoms. The lowest BCUT2D eigenvalue weighted by Crippen LogP contribution is -2.50. The fraction of sp³-hybridized carbons (Fsp3) is 0.381. The molecule has 0 aliphatic heterocycles. The van der Waals surface area contributed by atoms with Gasteiger partial charge in [0.15, 0.2) is 0 Å². The van der Waals surface area contributed by atoms with Gasteiger partial charge in [-0.1, -0.05) is 44.2 Å². The number of hydrogen-bond acceptors (Lipinski definition) is 3. The fourth-order valence-electron chi connectivity index (χ4n) is 2.78. The molecule has 2 amide bonds. The van der Waals surface area contributed by atoms with Crippen molar-refractivity contribution in [2.24, 2.45) is 5.92 Å². The van der Waals surface area contributed by atoms with Crippen molar-refractivity contribution in [1.29, 1.82) is 0 Å². The summed E-state index contributed by atoms with van der Waals surface area (Å²) in [5.74, 6) is 0.196. The number of carbonyl (C=O) groups is 2. The summed E-state index contributed by atoms with van der Waals surface area (Å²) in [4.78, 5) is 29.9. The lowest BCUT2D eigenvalue weighted by atomic mass is 10.0. The van der Waals surface area contributed by atoms with Crippen molar-refractivity contribution in [3.8, 4) is 0 Å². The quantitative estimate of drug-likeness (QED) is 0.710. The molecule has 0 saturated carbocycles. The van der Waals surface area contributed by atoms with E-state index in [9.17, 15) is 14.7 Å². The Balaban J connectivity index is 2.21. The van der Waals surface area contributed by atoms with Gasteiger partial charge in [0.25, 0.3) is 0 Å². The largest absolute Gasteiger partial charge is 0.465 e. The smallest absolute Gasteiger partial charge is 0.408 e. The molecule has 27 heavy (non-hydrogen) atoms. The highest BCUT2D eigenvalue weighted by molar-refractivity contribution is 5.85. The Morgan fingerprint density at radius 2 is 1.74 bits per heavy atom. The maximum atomic E-state index is 12.8. The summed E-state index contributed by atoms with van der Waals surface area (Å²) in [5, 5.41) is 12.7. The van der Waals surface area contributed by atoms with E-state index in [1.54, 1.807) is 24.5 Å². The predicted octanol–water partition coefficient (Wildman–Crippen LogP) is 3.34. The van der Waals surface area contributed by atoms with Crippen LogP contribution in [0, 0.1) is 5.92 Å². The molecule has 0 radical (unpaired) electrons. The highest BCUT2D eigenvalue weighted by atomic mass is 16.4. The zero-order valence-corrected chi connectivity index (χ0v) is 15.8. The van der Waals surface area contributed by atoms with E-state index in [4.69, 9.17) is 0 Å². The fourth-order valence-corrected chi connectivity index (χ4v) is 2.78. The molecule has 1 heterocycles. The lowest BCUT2D eigenvalue weighted by molar-refractivity contribution is -0.126. The Hall–Kier alpha value is -2.89. The molecule has 1 aromatic carbocycles. The maximum absolute atomic E-state index is 12.8. The minimum atomic E-state index is -1.12. The van der Waals surface area contributed by atoms with Crippen LogP contribution in [0.4, 0.5) is 4.79 Å². The van der Waals surface area contributed by atoms with Crippen molar-refractivity contribution in [2.45, 2.75) is 39.3 Å². The number of nitrogens with one attached hydrogen (secondary N) is 1. The van der Waals surface area contributed by atoms with Crippen LogP contribution in [0.15, 0.2) is 54.9 Å². The summed E-state index contributed by atoms with van der Waals surface area (Å²) in [6, 6.07) is 12.2. The molecule has 6 nitrogen and oxygen atoms in total. The van der Waals surface area contributed by atoms with Crippen LogP contribution in [-0.2, 0) is 17.8 Å². The number of nitrogens with zero attached hydrogens (tertiary/aromatic N) is 2. The van der Waals surface area contributed by atoms with Crippen LogP contribution in [0.2, 0.25) is 0 Å². The van der Waals surface area contributed by atoms with E-state index in [-0.39, 0.29) is 12.5 Å². The second-order valence-corrected chi connectivity index (χ2v) is 6.95. The van der Waals surface area contributed by atoms with E-state index in [0.29, 0.717) is 18.9 Å². The Kier molecular flexibility index (Phi) is 7.79. The van der Waals surface area contributed by atoms with Crippen molar-refractivity contribution in [1.82, 2.24) is 15.2 Å². The first-order valence-corrected chi connectivity index (χ1v) is 9.17. The normalized spacial score (nSPS) is 11.8. The molecular weight excluding hydrogens is 342 g/mol. The van der Waals surface area contributed by atoms with Crippen LogP contribution in [0.3, 0.4) is 0 Å². The van der Waals surface area contributed by atoms with Gasteiger partial charge in [-0.15, -0.1) is 0 Å². The minimum absolute atomic E-state index is 0.132. The second kappa shape index (κ2) is 10.3. The average Bonchev–Trinajstić information content (AvgIpc) is 2.65. The predicted molar refractivity (Wildman–Crippen MR) is 104 cm³/mol. The van der Waals surface area contributed by atoms with Gasteiger partial charge in [-0.2, -0.15) is 0 Å². The number of benzene rings is 1. The molecule has 0 unspecified atom stereocenters. The molecule has 1 aromatic heterocycles. The van der Waals surface area contributed by atoms with Crippen molar-refractivity contribution >= 4 is 12.0 Å². The van der Waals surface area contributed by atoms with Gasteiger partial charge in [0.2, 0.25) is 5.91 Å². The zero-order valence-electron chi connectivity index (χ0n) is 15.8. The molecule has 144 valence electrons. The highest BCUT2D eigenvalue weighted by Gasteiger charge is 2.30. The monoisotopic (exact) mass is 369 g/mol. The van der Waals surface area contributed by atoms with Crippen molar-refractivity contribution in [2.75, 3.05) is 6.54 Å². The molecule has 0 aliphatic carbocycles. The molecule has 2 aromatic rings. The number of rotatable bonds is 9. The molecule has 6 heteroatoms. The summed E-state index contributed by atoms with van der Waals surface area (Å²) in [5.41, 5.74) is 1.71. The Morgan fingerprint density at radius 3 is 2.33 bits per heavy atom. The third kappa shape index (κ3) is 6.73. The highest BCUT2D eigenvalue weighted by Crippen LogP contribution is 2.14. The Labute approximate surface area is 160 Å². The maximum Gasteiger partial charge on any atom is 0.408 e. The van der Waals surface area contributed by atoms with Gasteiger partial charge < -0.3 is 10.4 Å². The topological polar surface area (TPSA) is 82.5 Å². The van der Waals surface area contributed by atoms with Crippen LogP contribution in [0.25, 0.3) is 0 Å². The number of hydrogen-bond donors (Lipinski definition) is 2. The summed E-state index contributed by atoms with van der Waals surface area (Å²) in [6.45, 7) is 4.83. The van der Waals surface area contributed by atoms with Crippen LogP contribution < -0.4 is 5.32 Å². The van der Waals surface area contributed by atoms with E-state index in [2.05, 4.69) is 24.1 Å². The average molecular weight is 369 g/mol. The van der Waals surface area contributed by atoms with E-state index in [1.165, 1.54) is 4.90 Å². The van der Waals surface area contributed by atoms with Crippen LogP contribution in [0.1, 0.15) is 31.4 Å². The summed E-state index contributed by atoms with van der Waals surface area (Å²) in [7, 11) is 0. The molecule has 0 bridgehead atoms. The van der Waals surface area contributed by atoms with Crippen molar-refractivity contribution in [3.05, 3.63) is 66.0 Å². The number of amides is 2. The SMILES string of the molecule is CC(C)CCNC(=O)[C@H](Cc1ccccc1)N(Cc1ccncc1)C(=O)O. The summed E-state index contributed by atoms with van der Waals surface area (Å²) < 4.78 is 0. The van der Waals surface area contributed by atoms with E-state index < -0.39 is 12.1 Å². The van der Waals surface area contributed by atoms with Gasteiger partial charge in [0, 0.05) is 31.9 Å². The second-order valence-electron chi connectivity index (χ2n) is 6.95. The van der Waals surface area contributed by atoms with Gasteiger partial charge in [-0.05, 0) is 35.6 Å². The first kappa shape index (κ1) is 20.4. The van der Waals surface area contributed by atoms with Gasteiger partial charge in [0.05, 0.1) is 0 Å². The zero-order chi connectivity index (χ0) is 19.6. The molecule has 0 fully saturated rings. The van der Waals surface area contributed by atoms with E-state index in [0.717, 1.165) is 17.5 Å². The number of carbonyl (C=O) groups excluding carboxylic acids is 1. The molecular formula is C21H27N3O3. The third-order valence-corrected chi connectivity index (χ3v) is 4.32. The van der Waals surface area contributed by atoms with Gasteiger partial charge in [-0.3, -0.25) is 14.7 Å². The Morgan fingerprint density at radius 1 is 1.07 bits per heavy atom. The number of aromatic nitrogens is 1. The minimum Gasteiger partial charge on any atom is -0.465 e. The van der Waals surface area contributed by atoms with Gasteiger partial charge in [0.1, 0.15) is 6.04 Å². The van der Waals surface area contributed by atoms with Crippen LogP contribution in [-0.4, -0.2) is 39.6 Å². The Bertz CT molecular complexity index is 720. The van der Waals surface area contributed by atoms with Gasteiger partial charge >= 0.3 is 6.09 Å². The van der Waals surface area contributed by atoms with Crippen LogP contribution in [0.5, 0.6) is 0 Å². The van der Waals surface area contributed by atoms with Crippen molar-refractivity contribution < 1.29 is 14.7 Å².